The van der Waals surface area contributed by atoms with Gasteiger partial charge in [-0.1, -0.05) is 41.5 Å². The summed E-state index contributed by atoms with van der Waals surface area (Å²) in [5.74, 6) is 0.591. The SMILES string of the molecule is CC(C)(C)C1CCN(C(=O)CCCCN2C(=O)CC(C(C)(C)C)C2=O)CC1. The Bertz CT molecular complexity index is 563. The molecule has 0 saturated carbocycles. The maximum atomic E-state index is 12.5. The number of rotatable bonds is 5. The molecule has 27 heavy (non-hydrogen) atoms. The van der Waals surface area contributed by atoms with Crippen LogP contribution in [0.1, 0.15) is 80.1 Å². The normalized spacial score (nSPS) is 22.7. The molecule has 1 atom stereocenters. The zero-order valence-electron chi connectivity index (χ0n) is 18.1. The molecule has 2 heterocycles. The van der Waals surface area contributed by atoms with Crippen molar-refractivity contribution in [3.8, 4) is 0 Å². The van der Waals surface area contributed by atoms with Crippen molar-refractivity contribution in [1.29, 1.82) is 0 Å². The number of likely N-dealkylation sites (tertiary alicyclic amines) is 2. The molecule has 2 rings (SSSR count). The van der Waals surface area contributed by atoms with E-state index in [2.05, 4.69) is 20.8 Å². The van der Waals surface area contributed by atoms with Crippen molar-refractivity contribution in [2.45, 2.75) is 80.1 Å². The Labute approximate surface area is 164 Å². The fourth-order valence-electron chi connectivity index (χ4n) is 4.29. The molecule has 5 nitrogen and oxygen atoms in total. The monoisotopic (exact) mass is 378 g/mol. The Kier molecular flexibility index (Phi) is 6.75. The van der Waals surface area contributed by atoms with Crippen LogP contribution in [0.3, 0.4) is 0 Å². The number of carbonyl (C=O) groups is 3. The Hall–Kier alpha value is -1.39. The lowest BCUT2D eigenvalue weighted by molar-refractivity contribution is -0.140. The summed E-state index contributed by atoms with van der Waals surface area (Å²) < 4.78 is 0. The van der Waals surface area contributed by atoms with Crippen LogP contribution < -0.4 is 0 Å². The summed E-state index contributed by atoms with van der Waals surface area (Å²) in [6.07, 6.45) is 4.44. The Morgan fingerprint density at radius 1 is 0.963 bits per heavy atom. The van der Waals surface area contributed by atoms with Gasteiger partial charge < -0.3 is 4.90 Å². The van der Waals surface area contributed by atoms with Crippen LogP contribution in [0.15, 0.2) is 0 Å². The Morgan fingerprint density at radius 2 is 1.56 bits per heavy atom. The van der Waals surface area contributed by atoms with E-state index < -0.39 is 0 Å². The van der Waals surface area contributed by atoms with Crippen LogP contribution in [-0.4, -0.2) is 47.2 Å². The number of hydrogen-bond acceptors (Lipinski definition) is 3. The first-order valence-corrected chi connectivity index (χ1v) is 10.5. The van der Waals surface area contributed by atoms with E-state index in [1.807, 2.05) is 25.7 Å². The third-order valence-corrected chi connectivity index (χ3v) is 6.38. The molecule has 5 heteroatoms. The molecule has 0 aromatic rings. The van der Waals surface area contributed by atoms with Gasteiger partial charge in [-0.3, -0.25) is 19.3 Å². The fourth-order valence-corrected chi connectivity index (χ4v) is 4.29. The van der Waals surface area contributed by atoms with E-state index in [0.717, 1.165) is 32.4 Å². The van der Waals surface area contributed by atoms with Crippen molar-refractivity contribution < 1.29 is 14.4 Å². The highest BCUT2D eigenvalue weighted by Crippen LogP contribution is 2.36. The molecule has 3 amide bonds. The zero-order valence-corrected chi connectivity index (χ0v) is 18.1. The number of imide groups is 1. The molecule has 2 aliphatic heterocycles. The summed E-state index contributed by atoms with van der Waals surface area (Å²) in [6.45, 7) is 15.0. The summed E-state index contributed by atoms with van der Waals surface area (Å²) in [5, 5.41) is 0. The lowest BCUT2D eigenvalue weighted by atomic mass is 9.75. The van der Waals surface area contributed by atoms with Gasteiger partial charge in [0.25, 0.3) is 0 Å². The van der Waals surface area contributed by atoms with Crippen molar-refractivity contribution >= 4 is 17.7 Å². The molecule has 0 spiro atoms. The van der Waals surface area contributed by atoms with Gasteiger partial charge >= 0.3 is 0 Å². The zero-order chi connectivity index (χ0) is 20.4. The summed E-state index contributed by atoms with van der Waals surface area (Å²) in [6, 6.07) is 0. The van der Waals surface area contributed by atoms with Crippen molar-refractivity contribution in [2.24, 2.45) is 22.7 Å². The highest BCUT2D eigenvalue weighted by Gasteiger charge is 2.44. The van der Waals surface area contributed by atoms with E-state index in [0.29, 0.717) is 37.1 Å². The lowest BCUT2D eigenvalue weighted by Gasteiger charge is -2.38. The number of hydrogen-bond donors (Lipinski definition) is 0. The van der Waals surface area contributed by atoms with Gasteiger partial charge in [-0.15, -0.1) is 0 Å². The molecule has 0 aromatic carbocycles. The van der Waals surface area contributed by atoms with Crippen LogP contribution >= 0.6 is 0 Å². The van der Waals surface area contributed by atoms with Gasteiger partial charge in [0.1, 0.15) is 0 Å². The van der Waals surface area contributed by atoms with E-state index in [9.17, 15) is 14.4 Å². The summed E-state index contributed by atoms with van der Waals surface area (Å²) in [4.78, 5) is 40.5. The van der Waals surface area contributed by atoms with Gasteiger partial charge in [-0.2, -0.15) is 0 Å². The molecule has 0 aliphatic carbocycles. The van der Waals surface area contributed by atoms with Gasteiger partial charge in [0.05, 0.1) is 5.92 Å². The summed E-state index contributed by atoms with van der Waals surface area (Å²) in [7, 11) is 0. The van der Waals surface area contributed by atoms with E-state index >= 15 is 0 Å². The molecule has 2 aliphatic rings. The van der Waals surface area contributed by atoms with Gasteiger partial charge in [0, 0.05) is 32.5 Å². The molecule has 0 N–H and O–H groups in total. The number of nitrogens with zero attached hydrogens (tertiary/aromatic N) is 2. The van der Waals surface area contributed by atoms with Crippen molar-refractivity contribution in [3.05, 3.63) is 0 Å². The van der Waals surface area contributed by atoms with E-state index in [4.69, 9.17) is 0 Å². The van der Waals surface area contributed by atoms with Crippen LogP contribution in [-0.2, 0) is 14.4 Å². The second-order valence-corrected chi connectivity index (χ2v) is 10.5. The van der Waals surface area contributed by atoms with Gasteiger partial charge in [-0.25, -0.2) is 0 Å². The van der Waals surface area contributed by atoms with Gasteiger partial charge in [0.15, 0.2) is 0 Å². The number of piperidine rings is 1. The minimum absolute atomic E-state index is 0.0388. The summed E-state index contributed by atoms with van der Waals surface area (Å²) >= 11 is 0. The van der Waals surface area contributed by atoms with Crippen molar-refractivity contribution in [1.82, 2.24) is 9.80 Å². The fraction of sp³-hybridized carbons (Fsp3) is 0.864. The number of unbranched alkanes of at least 4 members (excludes halogenated alkanes) is 1. The van der Waals surface area contributed by atoms with E-state index in [1.54, 1.807) is 0 Å². The van der Waals surface area contributed by atoms with E-state index in [1.165, 1.54) is 4.90 Å². The highest BCUT2D eigenvalue weighted by molar-refractivity contribution is 6.03. The number of amides is 3. The van der Waals surface area contributed by atoms with Crippen LogP contribution in [0.5, 0.6) is 0 Å². The molecular formula is C22H38N2O3. The first-order valence-electron chi connectivity index (χ1n) is 10.5. The Morgan fingerprint density at radius 3 is 2.04 bits per heavy atom. The Balaban J connectivity index is 1.71. The lowest BCUT2D eigenvalue weighted by Crippen LogP contribution is -2.41. The maximum Gasteiger partial charge on any atom is 0.233 e. The molecular weight excluding hydrogens is 340 g/mol. The molecule has 2 saturated heterocycles. The third kappa shape index (κ3) is 5.55. The first-order chi connectivity index (χ1) is 12.4. The average molecular weight is 379 g/mol. The molecule has 0 aromatic heterocycles. The molecule has 0 bridgehead atoms. The summed E-state index contributed by atoms with van der Waals surface area (Å²) in [5.41, 5.74) is 0.130. The van der Waals surface area contributed by atoms with Crippen LogP contribution in [0.4, 0.5) is 0 Å². The smallest absolute Gasteiger partial charge is 0.233 e. The highest BCUT2D eigenvalue weighted by atomic mass is 16.2. The topological polar surface area (TPSA) is 57.7 Å². The third-order valence-electron chi connectivity index (χ3n) is 6.38. The van der Waals surface area contributed by atoms with Crippen LogP contribution in [0.25, 0.3) is 0 Å². The largest absolute Gasteiger partial charge is 0.343 e. The molecule has 2 fully saturated rings. The van der Waals surface area contributed by atoms with Crippen molar-refractivity contribution in [2.75, 3.05) is 19.6 Å². The predicted molar refractivity (Wildman–Crippen MR) is 107 cm³/mol. The van der Waals surface area contributed by atoms with Crippen LogP contribution in [0.2, 0.25) is 0 Å². The van der Waals surface area contributed by atoms with Crippen LogP contribution in [0, 0.1) is 22.7 Å². The van der Waals surface area contributed by atoms with E-state index in [-0.39, 0.29) is 29.1 Å². The van der Waals surface area contributed by atoms with Gasteiger partial charge in [0.2, 0.25) is 17.7 Å². The molecule has 0 radical (unpaired) electrons. The second kappa shape index (κ2) is 8.32. The molecule has 154 valence electrons. The standard InChI is InChI=1S/C22H38N2O3/c1-21(2,3)16-10-13-23(14-11-16)18(25)9-7-8-12-24-19(26)15-17(20(24)27)22(4,5)6/h16-17H,7-15H2,1-6H3. The minimum Gasteiger partial charge on any atom is -0.343 e. The van der Waals surface area contributed by atoms with Crippen molar-refractivity contribution in [3.63, 3.8) is 0 Å². The predicted octanol–water partition coefficient (Wildman–Crippen LogP) is 3.86. The molecule has 1 unspecified atom stereocenters. The van der Waals surface area contributed by atoms with Gasteiger partial charge in [-0.05, 0) is 42.4 Å². The first kappa shape index (κ1) is 21.9. The number of carbonyl (C=O) groups excluding carboxylic acids is 3. The second-order valence-electron chi connectivity index (χ2n) is 10.5. The average Bonchev–Trinajstić information content (AvgIpc) is 2.85. The quantitative estimate of drug-likeness (QED) is 0.539. The minimum atomic E-state index is -0.212. The maximum absolute atomic E-state index is 12.5.